The standard InChI is InChI=1S/C11H23NO.C8H16O4.C7H13NO2.C6H11NO2.C6H13NO.C4H8O3.C3H7NO.5C2H6.2CH4/c1-3-4-5-6-7-8-9-10-11(13)12-2;1-2-4-11-6-7-12-5-3-8(9)10;1-3-6(9)4-5-7(10)8-2;1-5(8)3-4-6(9)7-2;1-3-4-5-6(8)7-2;1-7-3-2-4(5)6;1-3(5)4-2;5*1-2;;/h3-10H2,1-2H3,(H,12,13);2-7H2,1H3,(H,9,10);3-5H2,1-2H3,(H,8,10);3-4H2,1-2H3,(H,7,9);3-5H2,1-2H3,(H,7,8);2-3H2,1H3,(H,5,6);1-2H3,(H,4,5);5*1-2H3;2*1H4. The molecule has 0 saturated heterocycles. The zero-order valence-corrected chi connectivity index (χ0v) is 51.8. The van der Waals surface area contributed by atoms with Crippen molar-refractivity contribution in [1.29, 1.82) is 0 Å². The van der Waals surface area contributed by atoms with Gasteiger partial charge in [-0.25, -0.2) is 0 Å². The number of unbranched alkanes of at least 4 members (excludes halogenated alkanes) is 7. The van der Waals surface area contributed by atoms with Crippen molar-refractivity contribution in [2.45, 2.75) is 248 Å². The highest BCUT2D eigenvalue weighted by Crippen LogP contribution is 2.08. The molecule has 0 heterocycles. The lowest BCUT2D eigenvalue weighted by Crippen LogP contribution is -2.18. The second kappa shape index (κ2) is 115. The fraction of sp³-hybridized carbons (Fsp3) is 0.842. The van der Waals surface area contributed by atoms with Gasteiger partial charge in [-0.05, 0) is 26.2 Å². The monoisotopic (exact) mass is 1110 g/mol. The summed E-state index contributed by atoms with van der Waals surface area (Å²) in [6.07, 6.45) is 15.4. The Labute approximate surface area is 468 Å². The lowest BCUT2D eigenvalue weighted by molar-refractivity contribution is -0.139. The summed E-state index contributed by atoms with van der Waals surface area (Å²) in [6, 6.07) is 0. The van der Waals surface area contributed by atoms with Gasteiger partial charge in [-0.1, -0.05) is 157 Å². The van der Waals surface area contributed by atoms with E-state index in [2.05, 4.69) is 45.2 Å². The van der Waals surface area contributed by atoms with Gasteiger partial charge < -0.3 is 55.8 Å². The SMILES string of the molecule is C.C.CC.CC.CC.CC.CC.CCC(=O)CCC(=O)NC.CCCCC(=O)NC.CCCCCCCCCC(=O)NC.CCCOCCOCCC(=O)O.CNC(=O)CCC(C)=O.CNC(C)=O.COCCC(=O)O. The van der Waals surface area contributed by atoms with E-state index in [0.29, 0.717) is 64.8 Å². The molecule has 19 nitrogen and oxygen atoms in total. The van der Waals surface area contributed by atoms with Crippen LogP contribution in [0.25, 0.3) is 0 Å². The number of carbonyl (C=O) groups excluding carboxylic acids is 7. The maximum Gasteiger partial charge on any atom is 0.305 e. The number of aliphatic carboxylic acids is 2. The van der Waals surface area contributed by atoms with Gasteiger partial charge >= 0.3 is 11.9 Å². The number of ether oxygens (including phenoxy) is 3. The molecule has 0 aliphatic rings. The molecule has 76 heavy (non-hydrogen) atoms. The second-order valence-electron chi connectivity index (χ2n) is 13.6. The van der Waals surface area contributed by atoms with Gasteiger partial charge in [0.05, 0.1) is 39.3 Å². The second-order valence-corrected chi connectivity index (χ2v) is 13.6. The molecule has 0 bridgehead atoms. The first-order valence-electron chi connectivity index (χ1n) is 27.4. The molecule has 0 radical (unpaired) electrons. The Kier molecular flexibility index (Phi) is 162. The van der Waals surface area contributed by atoms with Crippen LogP contribution < -0.4 is 26.6 Å². The van der Waals surface area contributed by atoms with Gasteiger partial charge in [-0.3, -0.25) is 38.4 Å². The van der Waals surface area contributed by atoms with E-state index in [9.17, 15) is 43.2 Å². The topological polar surface area (TPSA) is 282 Å². The summed E-state index contributed by atoms with van der Waals surface area (Å²) in [5, 5.41) is 28.7. The Morgan fingerprint density at radius 1 is 0.368 bits per heavy atom. The van der Waals surface area contributed by atoms with E-state index < -0.39 is 11.9 Å². The molecule has 0 aliphatic carbocycles. The third-order valence-corrected chi connectivity index (χ3v) is 7.66. The molecule has 0 rings (SSSR count). The van der Waals surface area contributed by atoms with Crippen molar-refractivity contribution in [2.75, 3.05) is 75.4 Å². The van der Waals surface area contributed by atoms with E-state index in [1.807, 2.05) is 76.2 Å². The molecule has 7 N–H and O–H groups in total. The van der Waals surface area contributed by atoms with E-state index >= 15 is 0 Å². The van der Waals surface area contributed by atoms with Crippen LogP contribution in [0.4, 0.5) is 0 Å². The lowest BCUT2D eigenvalue weighted by atomic mass is 10.1. The number of nitrogens with one attached hydrogen (secondary N) is 5. The van der Waals surface area contributed by atoms with Gasteiger partial charge in [0, 0.05) is 101 Å². The third-order valence-electron chi connectivity index (χ3n) is 7.66. The highest BCUT2D eigenvalue weighted by atomic mass is 16.5. The van der Waals surface area contributed by atoms with E-state index in [0.717, 1.165) is 32.3 Å². The van der Waals surface area contributed by atoms with Crippen molar-refractivity contribution in [1.82, 2.24) is 26.6 Å². The Bertz CT molecular complexity index is 1130. The van der Waals surface area contributed by atoms with Crippen LogP contribution in [-0.2, 0) is 57.4 Å². The Morgan fingerprint density at radius 2 is 0.684 bits per heavy atom. The number of methoxy groups -OCH3 is 1. The molecule has 0 fully saturated rings. The van der Waals surface area contributed by atoms with Gasteiger partial charge in [-0.2, -0.15) is 0 Å². The van der Waals surface area contributed by atoms with Crippen LogP contribution in [0, 0.1) is 0 Å². The van der Waals surface area contributed by atoms with Crippen molar-refractivity contribution in [3.63, 3.8) is 0 Å². The Morgan fingerprint density at radius 3 is 0.974 bits per heavy atom. The van der Waals surface area contributed by atoms with Crippen molar-refractivity contribution >= 4 is 53.0 Å². The van der Waals surface area contributed by atoms with Crippen molar-refractivity contribution < 1.29 is 67.6 Å². The molecule has 0 aromatic heterocycles. The minimum absolute atomic E-state index is 0. The Hall–Kier alpha value is -4.49. The lowest BCUT2D eigenvalue weighted by Gasteiger charge is -2.02. The summed E-state index contributed by atoms with van der Waals surface area (Å²) in [5.74, 6) is -1.27. The van der Waals surface area contributed by atoms with Crippen LogP contribution in [0.3, 0.4) is 0 Å². The number of Topliss-reactive ketones (excluding diaryl/α,β-unsaturated/α-hetero) is 2. The number of ketones is 2. The fourth-order valence-electron chi connectivity index (χ4n) is 3.61. The number of carboxylic acids is 2. The number of rotatable bonds is 29. The van der Waals surface area contributed by atoms with Crippen LogP contribution in [0.15, 0.2) is 0 Å². The van der Waals surface area contributed by atoms with Gasteiger partial charge in [-0.15, -0.1) is 0 Å². The van der Waals surface area contributed by atoms with E-state index in [1.54, 1.807) is 42.2 Å². The first kappa shape index (κ1) is 107. The van der Waals surface area contributed by atoms with Crippen LogP contribution in [0.2, 0.25) is 0 Å². The molecule has 5 amide bonds. The molecule has 466 valence electrons. The summed E-state index contributed by atoms with van der Waals surface area (Å²) in [5.41, 5.74) is 0. The molecule has 0 atom stereocenters. The molecule has 0 aliphatic heterocycles. The quantitative estimate of drug-likeness (QED) is 0.0343. The maximum absolute atomic E-state index is 10.8. The zero-order chi connectivity index (χ0) is 60.8. The number of hydrogen-bond acceptors (Lipinski definition) is 12. The van der Waals surface area contributed by atoms with Crippen molar-refractivity contribution in [3.05, 3.63) is 0 Å². The minimum Gasteiger partial charge on any atom is -0.481 e. The van der Waals surface area contributed by atoms with Gasteiger partial charge in [0.1, 0.15) is 11.6 Å². The zero-order valence-electron chi connectivity index (χ0n) is 51.8. The predicted octanol–water partition coefficient (Wildman–Crippen LogP) is 11.6. The molecule has 0 saturated carbocycles. The van der Waals surface area contributed by atoms with E-state index in [1.165, 1.54) is 59.5 Å². The smallest absolute Gasteiger partial charge is 0.305 e. The third kappa shape index (κ3) is 172. The van der Waals surface area contributed by atoms with E-state index in [-0.39, 0.29) is 75.4 Å². The van der Waals surface area contributed by atoms with Crippen LogP contribution in [0.1, 0.15) is 248 Å². The summed E-state index contributed by atoms with van der Waals surface area (Å²) < 4.78 is 14.6. The first-order chi connectivity index (χ1) is 35.3. The van der Waals surface area contributed by atoms with Gasteiger partial charge in [0.2, 0.25) is 29.5 Å². The molecular formula is C57H129N5O14. The van der Waals surface area contributed by atoms with Gasteiger partial charge in [0.25, 0.3) is 0 Å². The fourth-order valence-corrected chi connectivity index (χ4v) is 3.61. The number of carboxylic acid groups (broad SMARTS) is 2. The summed E-state index contributed by atoms with van der Waals surface area (Å²) >= 11 is 0. The van der Waals surface area contributed by atoms with Crippen molar-refractivity contribution in [2.24, 2.45) is 0 Å². The molecule has 0 aromatic rings. The van der Waals surface area contributed by atoms with Gasteiger partial charge in [0.15, 0.2) is 0 Å². The highest BCUT2D eigenvalue weighted by Gasteiger charge is 2.02. The van der Waals surface area contributed by atoms with E-state index in [4.69, 9.17) is 19.7 Å². The number of carbonyl (C=O) groups is 9. The molecule has 0 aromatic carbocycles. The van der Waals surface area contributed by atoms with Crippen LogP contribution in [-0.4, -0.2) is 139 Å². The van der Waals surface area contributed by atoms with Crippen molar-refractivity contribution in [3.8, 4) is 0 Å². The largest absolute Gasteiger partial charge is 0.481 e. The Balaban J connectivity index is -0.0000000481. The molecule has 19 heteroatoms. The predicted molar refractivity (Wildman–Crippen MR) is 321 cm³/mol. The van der Waals surface area contributed by atoms with Crippen LogP contribution in [0.5, 0.6) is 0 Å². The summed E-state index contributed by atoms with van der Waals surface area (Å²) in [4.78, 5) is 92.7. The molecular weight excluding hydrogens is 979 g/mol. The van der Waals surface area contributed by atoms with Crippen LogP contribution >= 0.6 is 0 Å². The average Bonchev–Trinajstić information content (AvgIpc) is 3.43. The summed E-state index contributed by atoms with van der Waals surface area (Å²) in [6.45, 7) is 33.4. The highest BCUT2D eigenvalue weighted by molar-refractivity contribution is 5.84. The molecule has 0 unspecified atom stereocenters. The number of amides is 5. The normalized spacial score (nSPS) is 8.08. The minimum atomic E-state index is -0.829. The molecule has 0 spiro atoms. The number of hydrogen-bond donors (Lipinski definition) is 7. The first-order valence-corrected chi connectivity index (χ1v) is 27.4. The maximum atomic E-state index is 10.8. The summed E-state index contributed by atoms with van der Waals surface area (Å²) in [7, 11) is 9.56. The average molecular weight is 1110 g/mol.